The molecule has 1 unspecified atom stereocenters. The number of halogens is 2. The van der Waals surface area contributed by atoms with Crippen LogP contribution in [-0.2, 0) is 0 Å². The third kappa shape index (κ3) is 3.39. The van der Waals surface area contributed by atoms with Crippen LogP contribution in [-0.4, -0.2) is 11.7 Å². The maximum atomic E-state index is 13.9. The first kappa shape index (κ1) is 15.4. The van der Waals surface area contributed by atoms with Crippen molar-refractivity contribution in [3.8, 4) is 5.75 Å². The van der Waals surface area contributed by atoms with E-state index in [9.17, 15) is 13.9 Å². The fraction of sp³-hybridized carbons (Fsp3) is 0.294. The Morgan fingerprint density at radius 3 is 2.62 bits per heavy atom. The van der Waals surface area contributed by atoms with Crippen LogP contribution in [0.2, 0.25) is 0 Å². The molecule has 0 aromatic heterocycles. The minimum Gasteiger partial charge on any atom is -0.494 e. The summed E-state index contributed by atoms with van der Waals surface area (Å²) in [5.41, 5.74) is 0.597. The number of aryl methyl sites for hydroxylation is 1. The number of aliphatic hydroxyl groups is 1. The van der Waals surface area contributed by atoms with Crippen LogP contribution in [0.5, 0.6) is 5.75 Å². The van der Waals surface area contributed by atoms with Crippen molar-refractivity contribution < 1.29 is 18.6 Å². The van der Waals surface area contributed by atoms with Crippen molar-refractivity contribution in [3.63, 3.8) is 0 Å². The highest BCUT2D eigenvalue weighted by molar-refractivity contribution is 5.37. The zero-order valence-corrected chi connectivity index (χ0v) is 12.1. The molecule has 2 nitrogen and oxygen atoms in total. The van der Waals surface area contributed by atoms with Crippen LogP contribution < -0.4 is 4.74 Å². The summed E-state index contributed by atoms with van der Waals surface area (Å²) in [5.74, 6) is -1.34. The molecule has 0 aliphatic heterocycles. The molecule has 0 bridgehead atoms. The van der Waals surface area contributed by atoms with Gasteiger partial charge in [0.1, 0.15) is 11.9 Å². The molecule has 0 fully saturated rings. The summed E-state index contributed by atoms with van der Waals surface area (Å²) >= 11 is 0. The van der Waals surface area contributed by atoms with Crippen LogP contribution in [0, 0.1) is 18.6 Å². The van der Waals surface area contributed by atoms with Crippen LogP contribution >= 0.6 is 0 Å². The van der Waals surface area contributed by atoms with Crippen LogP contribution in [0.3, 0.4) is 0 Å². The van der Waals surface area contributed by atoms with E-state index in [0.717, 1.165) is 6.42 Å². The third-order valence-electron chi connectivity index (χ3n) is 3.25. The van der Waals surface area contributed by atoms with E-state index in [4.69, 9.17) is 4.74 Å². The van der Waals surface area contributed by atoms with Gasteiger partial charge in [-0.3, -0.25) is 0 Å². The Hall–Kier alpha value is -1.94. The Morgan fingerprint density at radius 1 is 1.14 bits per heavy atom. The highest BCUT2D eigenvalue weighted by Gasteiger charge is 2.19. The van der Waals surface area contributed by atoms with Crippen molar-refractivity contribution in [2.75, 3.05) is 6.61 Å². The largest absolute Gasteiger partial charge is 0.494 e. The van der Waals surface area contributed by atoms with Gasteiger partial charge in [-0.2, -0.15) is 0 Å². The summed E-state index contributed by atoms with van der Waals surface area (Å²) in [6, 6.07) is 9.62. The van der Waals surface area contributed by atoms with Gasteiger partial charge >= 0.3 is 0 Å². The van der Waals surface area contributed by atoms with Crippen molar-refractivity contribution in [2.45, 2.75) is 26.4 Å². The number of aliphatic hydroxyl groups excluding tert-OH is 1. The van der Waals surface area contributed by atoms with Crippen molar-refractivity contribution in [1.82, 2.24) is 0 Å². The second-order valence-electron chi connectivity index (χ2n) is 4.92. The molecule has 0 saturated carbocycles. The SMILES string of the molecule is CCCOc1cccc(C(O)c2ccc(C)c(F)c2F)c1. The lowest BCUT2D eigenvalue weighted by Crippen LogP contribution is -2.06. The molecule has 0 saturated heterocycles. The first-order valence-corrected chi connectivity index (χ1v) is 6.90. The van der Waals surface area contributed by atoms with Crippen molar-refractivity contribution in [1.29, 1.82) is 0 Å². The van der Waals surface area contributed by atoms with E-state index in [2.05, 4.69) is 0 Å². The zero-order valence-electron chi connectivity index (χ0n) is 12.1. The van der Waals surface area contributed by atoms with Gasteiger partial charge in [0.15, 0.2) is 11.6 Å². The van der Waals surface area contributed by atoms with Crippen molar-refractivity contribution in [2.24, 2.45) is 0 Å². The number of hydrogen-bond donors (Lipinski definition) is 1. The molecule has 2 aromatic carbocycles. The van der Waals surface area contributed by atoms with Gasteiger partial charge in [-0.1, -0.05) is 31.2 Å². The number of hydrogen-bond acceptors (Lipinski definition) is 2. The summed E-state index contributed by atoms with van der Waals surface area (Å²) in [6.07, 6.45) is -0.366. The molecular formula is C17H18F2O2. The normalized spacial score (nSPS) is 12.2. The predicted molar refractivity (Wildman–Crippen MR) is 77.4 cm³/mol. The fourth-order valence-electron chi connectivity index (χ4n) is 2.05. The van der Waals surface area contributed by atoms with Crippen molar-refractivity contribution in [3.05, 3.63) is 64.7 Å². The fourth-order valence-corrected chi connectivity index (χ4v) is 2.05. The van der Waals surface area contributed by atoms with E-state index in [-0.39, 0.29) is 11.1 Å². The van der Waals surface area contributed by atoms with Gasteiger partial charge in [-0.05, 0) is 36.6 Å². The molecule has 0 spiro atoms. The molecule has 4 heteroatoms. The van der Waals surface area contributed by atoms with Gasteiger partial charge in [0.2, 0.25) is 0 Å². The molecule has 0 heterocycles. The minimum atomic E-state index is -1.23. The lowest BCUT2D eigenvalue weighted by molar-refractivity contribution is 0.212. The van der Waals surface area contributed by atoms with Gasteiger partial charge in [0, 0.05) is 5.56 Å². The van der Waals surface area contributed by atoms with E-state index in [1.165, 1.54) is 19.1 Å². The van der Waals surface area contributed by atoms with E-state index in [0.29, 0.717) is 17.9 Å². The average molecular weight is 292 g/mol. The minimum absolute atomic E-state index is 0.0780. The first-order valence-electron chi connectivity index (χ1n) is 6.90. The lowest BCUT2D eigenvalue weighted by atomic mass is 9.99. The second-order valence-corrected chi connectivity index (χ2v) is 4.92. The van der Waals surface area contributed by atoms with Gasteiger partial charge in [0.05, 0.1) is 6.61 Å². The summed E-state index contributed by atoms with van der Waals surface area (Å²) in [4.78, 5) is 0. The standard InChI is InChI=1S/C17H18F2O2/c1-3-9-21-13-6-4-5-12(10-13)17(20)14-8-7-11(2)15(18)16(14)19/h4-8,10,17,20H,3,9H2,1-2H3. The zero-order chi connectivity index (χ0) is 15.4. The molecule has 112 valence electrons. The van der Waals surface area contributed by atoms with Crippen LogP contribution in [0.15, 0.2) is 36.4 Å². The molecule has 2 aromatic rings. The highest BCUT2D eigenvalue weighted by Crippen LogP contribution is 2.28. The summed E-state index contributed by atoms with van der Waals surface area (Å²) < 4.78 is 33.0. The van der Waals surface area contributed by atoms with Gasteiger partial charge in [-0.15, -0.1) is 0 Å². The molecular weight excluding hydrogens is 274 g/mol. The quantitative estimate of drug-likeness (QED) is 0.897. The Bertz CT molecular complexity index is 626. The van der Waals surface area contributed by atoms with Crippen LogP contribution in [0.4, 0.5) is 8.78 Å². The van der Waals surface area contributed by atoms with Crippen molar-refractivity contribution >= 4 is 0 Å². The van der Waals surface area contributed by atoms with E-state index in [1.54, 1.807) is 24.3 Å². The molecule has 0 amide bonds. The monoisotopic (exact) mass is 292 g/mol. The Balaban J connectivity index is 2.31. The van der Waals surface area contributed by atoms with E-state index >= 15 is 0 Å². The Labute approximate surface area is 123 Å². The summed E-state index contributed by atoms with van der Waals surface area (Å²) in [5, 5.41) is 10.3. The maximum absolute atomic E-state index is 13.9. The molecule has 21 heavy (non-hydrogen) atoms. The van der Waals surface area contributed by atoms with Gasteiger partial charge < -0.3 is 9.84 Å². The topological polar surface area (TPSA) is 29.5 Å². The number of rotatable bonds is 5. The molecule has 0 aliphatic rings. The lowest BCUT2D eigenvalue weighted by Gasteiger charge is -2.15. The maximum Gasteiger partial charge on any atom is 0.165 e. The number of benzene rings is 2. The van der Waals surface area contributed by atoms with Crippen LogP contribution in [0.1, 0.15) is 36.1 Å². The molecule has 1 N–H and O–H groups in total. The summed E-state index contributed by atoms with van der Waals surface area (Å²) in [7, 11) is 0. The predicted octanol–water partition coefficient (Wildman–Crippen LogP) is 4.14. The van der Waals surface area contributed by atoms with Gasteiger partial charge in [0.25, 0.3) is 0 Å². The molecule has 2 rings (SSSR count). The molecule has 1 atom stereocenters. The van der Waals surface area contributed by atoms with Gasteiger partial charge in [-0.25, -0.2) is 8.78 Å². The first-order chi connectivity index (χ1) is 10.0. The Kier molecular flexibility index (Phi) is 4.91. The third-order valence-corrected chi connectivity index (χ3v) is 3.25. The number of ether oxygens (including phenoxy) is 1. The molecule has 0 aliphatic carbocycles. The van der Waals surface area contributed by atoms with E-state index in [1.807, 2.05) is 6.92 Å². The molecule has 0 radical (unpaired) electrons. The highest BCUT2D eigenvalue weighted by atomic mass is 19.2. The van der Waals surface area contributed by atoms with E-state index < -0.39 is 17.7 Å². The average Bonchev–Trinajstić information content (AvgIpc) is 2.50. The Morgan fingerprint density at radius 2 is 1.90 bits per heavy atom. The summed E-state index contributed by atoms with van der Waals surface area (Å²) in [6.45, 7) is 4.03. The second kappa shape index (κ2) is 6.68. The van der Waals surface area contributed by atoms with Crippen LogP contribution in [0.25, 0.3) is 0 Å². The smallest absolute Gasteiger partial charge is 0.165 e.